The molecule has 0 amide bonds. The van der Waals surface area contributed by atoms with Crippen molar-refractivity contribution in [1.82, 2.24) is 4.90 Å². The molecule has 0 saturated carbocycles. The third-order valence-corrected chi connectivity index (χ3v) is 4.22. The number of aliphatic hydroxyl groups excluding tert-OH is 1. The highest BCUT2D eigenvalue weighted by molar-refractivity contribution is 9.10. The molecule has 1 aliphatic rings. The van der Waals surface area contributed by atoms with Gasteiger partial charge in [-0.25, -0.2) is 4.39 Å². The Morgan fingerprint density at radius 2 is 2.11 bits per heavy atom. The molecule has 0 radical (unpaired) electrons. The van der Waals surface area contributed by atoms with Gasteiger partial charge in [0.1, 0.15) is 5.82 Å². The van der Waals surface area contributed by atoms with E-state index in [0.29, 0.717) is 12.5 Å². The minimum atomic E-state index is -0.225. The van der Waals surface area contributed by atoms with Gasteiger partial charge in [-0.15, -0.1) is 0 Å². The van der Waals surface area contributed by atoms with Crippen LogP contribution in [0.3, 0.4) is 0 Å². The molecule has 0 aliphatic carbocycles. The zero-order chi connectivity index (χ0) is 13.1. The zero-order valence-electron chi connectivity index (χ0n) is 10.6. The third-order valence-electron chi connectivity index (χ3n) is 3.72. The maximum atomic E-state index is 13.7. The summed E-state index contributed by atoms with van der Waals surface area (Å²) in [6, 6.07) is 5.22. The van der Waals surface area contributed by atoms with Gasteiger partial charge < -0.3 is 5.11 Å². The van der Waals surface area contributed by atoms with Gasteiger partial charge in [-0.3, -0.25) is 4.90 Å². The normalized spacial score (nSPS) is 20.0. The van der Waals surface area contributed by atoms with E-state index in [1.807, 2.05) is 19.1 Å². The summed E-state index contributed by atoms with van der Waals surface area (Å²) in [7, 11) is 0. The fourth-order valence-corrected chi connectivity index (χ4v) is 2.82. The Labute approximate surface area is 116 Å². The SMILES string of the molecule is CC(O)C1CCN(Cc2ccc(Br)cc2F)CC1. The van der Waals surface area contributed by atoms with E-state index < -0.39 is 0 Å². The van der Waals surface area contributed by atoms with Crippen LogP contribution in [0.25, 0.3) is 0 Å². The number of halogens is 2. The van der Waals surface area contributed by atoms with E-state index >= 15 is 0 Å². The van der Waals surface area contributed by atoms with Gasteiger partial charge >= 0.3 is 0 Å². The van der Waals surface area contributed by atoms with Crippen molar-refractivity contribution in [1.29, 1.82) is 0 Å². The number of nitrogens with zero attached hydrogens (tertiary/aromatic N) is 1. The average Bonchev–Trinajstić information content (AvgIpc) is 2.33. The Balaban J connectivity index is 1.91. The number of likely N-dealkylation sites (tertiary alicyclic amines) is 1. The summed E-state index contributed by atoms with van der Waals surface area (Å²) in [4.78, 5) is 2.26. The molecule has 18 heavy (non-hydrogen) atoms. The van der Waals surface area contributed by atoms with Gasteiger partial charge in [0, 0.05) is 16.6 Å². The minimum absolute atomic E-state index is 0.151. The van der Waals surface area contributed by atoms with E-state index in [9.17, 15) is 9.50 Å². The Bertz CT molecular complexity index is 403. The summed E-state index contributed by atoms with van der Waals surface area (Å²) >= 11 is 3.26. The molecule has 100 valence electrons. The first-order valence-corrected chi connectivity index (χ1v) is 7.20. The van der Waals surface area contributed by atoms with Gasteiger partial charge in [0.05, 0.1) is 6.10 Å². The molecule has 1 heterocycles. The molecule has 1 saturated heterocycles. The average molecular weight is 316 g/mol. The third kappa shape index (κ3) is 3.53. The molecule has 4 heteroatoms. The Morgan fingerprint density at radius 1 is 1.44 bits per heavy atom. The first kappa shape index (κ1) is 14.0. The van der Waals surface area contributed by atoms with E-state index in [0.717, 1.165) is 36.0 Å². The molecular formula is C14H19BrFNO. The maximum Gasteiger partial charge on any atom is 0.128 e. The molecule has 1 unspecified atom stereocenters. The second-order valence-corrected chi connectivity index (χ2v) is 6.01. The molecule has 2 nitrogen and oxygen atoms in total. The van der Waals surface area contributed by atoms with Crippen LogP contribution in [0.5, 0.6) is 0 Å². The molecule has 1 atom stereocenters. The first-order valence-electron chi connectivity index (χ1n) is 6.40. The molecule has 0 spiro atoms. The van der Waals surface area contributed by atoms with E-state index in [1.165, 1.54) is 6.07 Å². The molecule has 1 aliphatic heterocycles. The van der Waals surface area contributed by atoms with Crippen molar-refractivity contribution >= 4 is 15.9 Å². The van der Waals surface area contributed by atoms with Crippen molar-refractivity contribution in [2.75, 3.05) is 13.1 Å². The number of piperidine rings is 1. The smallest absolute Gasteiger partial charge is 0.128 e. The van der Waals surface area contributed by atoms with Gasteiger partial charge in [0.2, 0.25) is 0 Å². The van der Waals surface area contributed by atoms with Crippen LogP contribution in [-0.4, -0.2) is 29.2 Å². The summed E-state index contributed by atoms with van der Waals surface area (Å²) in [5.74, 6) is 0.248. The van der Waals surface area contributed by atoms with Crippen LogP contribution in [0.4, 0.5) is 4.39 Å². The lowest BCUT2D eigenvalue weighted by Gasteiger charge is -2.33. The lowest BCUT2D eigenvalue weighted by Crippen LogP contribution is -2.36. The van der Waals surface area contributed by atoms with E-state index in [4.69, 9.17) is 0 Å². The number of rotatable bonds is 3. The molecule has 1 aromatic carbocycles. The molecule has 2 rings (SSSR count). The van der Waals surface area contributed by atoms with E-state index in [2.05, 4.69) is 20.8 Å². The van der Waals surface area contributed by atoms with Crippen molar-refractivity contribution in [2.45, 2.75) is 32.4 Å². The summed E-state index contributed by atoms with van der Waals surface area (Å²) < 4.78 is 14.5. The van der Waals surface area contributed by atoms with Crippen molar-refractivity contribution in [2.24, 2.45) is 5.92 Å². The van der Waals surface area contributed by atoms with Crippen LogP contribution in [-0.2, 0) is 6.54 Å². The quantitative estimate of drug-likeness (QED) is 0.926. The zero-order valence-corrected chi connectivity index (χ0v) is 12.2. The molecular weight excluding hydrogens is 297 g/mol. The van der Waals surface area contributed by atoms with Crippen LogP contribution in [0.2, 0.25) is 0 Å². The predicted octanol–water partition coefficient (Wildman–Crippen LogP) is 3.18. The number of hydrogen-bond donors (Lipinski definition) is 1. The second kappa shape index (κ2) is 6.13. The highest BCUT2D eigenvalue weighted by Gasteiger charge is 2.22. The lowest BCUT2D eigenvalue weighted by atomic mass is 9.92. The van der Waals surface area contributed by atoms with Crippen LogP contribution in [0, 0.1) is 11.7 Å². The predicted molar refractivity (Wildman–Crippen MR) is 73.8 cm³/mol. The largest absolute Gasteiger partial charge is 0.393 e. The van der Waals surface area contributed by atoms with Crippen LogP contribution in [0.15, 0.2) is 22.7 Å². The second-order valence-electron chi connectivity index (χ2n) is 5.09. The Hall–Kier alpha value is -0.450. The van der Waals surface area contributed by atoms with Crippen molar-refractivity contribution in [3.05, 3.63) is 34.1 Å². The number of aliphatic hydroxyl groups is 1. The first-order chi connectivity index (χ1) is 8.56. The summed E-state index contributed by atoms with van der Waals surface area (Å²) in [5, 5.41) is 9.54. The molecule has 0 aromatic heterocycles. The van der Waals surface area contributed by atoms with Crippen molar-refractivity contribution in [3.8, 4) is 0 Å². The fraction of sp³-hybridized carbons (Fsp3) is 0.571. The molecule has 1 fully saturated rings. The molecule has 1 aromatic rings. The van der Waals surface area contributed by atoms with Crippen LogP contribution in [0.1, 0.15) is 25.3 Å². The van der Waals surface area contributed by atoms with Gasteiger partial charge in [0.15, 0.2) is 0 Å². The Kier molecular flexibility index (Phi) is 4.76. The summed E-state index contributed by atoms with van der Waals surface area (Å²) in [6.45, 7) is 4.39. The van der Waals surface area contributed by atoms with Gasteiger partial charge in [-0.2, -0.15) is 0 Å². The summed E-state index contributed by atoms with van der Waals surface area (Å²) in [5.41, 5.74) is 0.744. The highest BCUT2D eigenvalue weighted by atomic mass is 79.9. The number of hydrogen-bond acceptors (Lipinski definition) is 2. The van der Waals surface area contributed by atoms with E-state index in [-0.39, 0.29) is 11.9 Å². The molecule has 1 N–H and O–H groups in total. The summed E-state index contributed by atoms with van der Waals surface area (Å²) in [6.07, 6.45) is 1.77. The van der Waals surface area contributed by atoms with Crippen molar-refractivity contribution in [3.63, 3.8) is 0 Å². The van der Waals surface area contributed by atoms with Crippen molar-refractivity contribution < 1.29 is 9.50 Å². The minimum Gasteiger partial charge on any atom is -0.393 e. The van der Waals surface area contributed by atoms with Gasteiger partial charge in [-0.1, -0.05) is 22.0 Å². The monoisotopic (exact) mass is 315 g/mol. The van der Waals surface area contributed by atoms with Crippen LogP contribution >= 0.6 is 15.9 Å². The van der Waals surface area contributed by atoms with Gasteiger partial charge in [-0.05, 0) is 50.9 Å². The Morgan fingerprint density at radius 3 is 2.67 bits per heavy atom. The fourth-order valence-electron chi connectivity index (χ4n) is 2.48. The van der Waals surface area contributed by atoms with Crippen LogP contribution < -0.4 is 0 Å². The number of benzene rings is 1. The van der Waals surface area contributed by atoms with Gasteiger partial charge in [0.25, 0.3) is 0 Å². The highest BCUT2D eigenvalue weighted by Crippen LogP contribution is 2.23. The van der Waals surface area contributed by atoms with E-state index in [1.54, 1.807) is 0 Å². The standard InChI is InChI=1S/C14H19BrFNO/c1-10(18)11-4-6-17(7-5-11)9-12-2-3-13(15)8-14(12)16/h2-3,8,10-11,18H,4-7,9H2,1H3. The topological polar surface area (TPSA) is 23.5 Å². The molecule has 0 bridgehead atoms. The lowest BCUT2D eigenvalue weighted by molar-refractivity contribution is 0.0692. The maximum absolute atomic E-state index is 13.7.